The molecule has 1 amide bonds. The van der Waals surface area contributed by atoms with E-state index >= 15 is 0 Å². The summed E-state index contributed by atoms with van der Waals surface area (Å²) in [6, 6.07) is 1.39. The van der Waals surface area contributed by atoms with Crippen LogP contribution in [0.2, 0.25) is 0 Å². The number of pyridine rings is 1. The van der Waals surface area contributed by atoms with Gasteiger partial charge in [0.05, 0.1) is 24.0 Å². The number of alkyl halides is 2. The highest BCUT2D eigenvalue weighted by molar-refractivity contribution is 6.05. The van der Waals surface area contributed by atoms with E-state index in [1.807, 2.05) is 20.8 Å². The number of aryl methyl sites for hydroxylation is 1. The van der Waals surface area contributed by atoms with Crippen LogP contribution in [0.1, 0.15) is 49.2 Å². The highest BCUT2D eigenvalue weighted by Gasteiger charge is 2.28. The third-order valence-corrected chi connectivity index (χ3v) is 4.06. The summed E-state index contributed by atoms with van der Waals surface area (Å²) < 4.78 is 28.0. The quantitative estimate of drug-likeness (QED) is 0.586. The molecule has 0 unspecified atom stereocenters. The van der Waals surface area contributed by atoms with Crippen molar-refractivity contribution in [3.63, 3.8) is 0 Å². The number of hydrogen-bond donors (Lipinski definition) is 3. The fraction of sp³-hybridized carbons (Fsp3) is 0.529. The van der Waals surface area contributed by atoms with Crippen LogP contribution in [0.4, 0.5) is 8.78 Å². The maximum absolute atomic E-state index is 13.4. The van der Waals surface area contributed by atoms with Crippen LogP contribution in [0.25, 0.3) is 11.0 Å². The first-order valence-corrected chi connectivity index (χ1v) is 8.65. The number of H-pyrrole nitrogens is 1. The highest BCUT2D eigenvalue weighted by atomic mass is 35.5. The fourth-order valence-electron chi connectivity index (χ4n) is 2.58. The number of fused-ring (bicyclic) bond motifs is 1. The number of nitrogens with zero attached hydrogens (tertiary/aromatic N) is 2. The van der Waals surface area contributed by atoms with E-state index in [1.165, 1.54) is 10.6 Å². The molecule has 29 heavy (non-hydrogen) atoms. The SMILES string of the molecule is CCCn1c(=O)[nH]c(=O)c2c(C(=O)NCC(F)(F)CN)cc(C(C)C)nc21.Cl.Cl. The lowest BCUT2D eigenvalue weighted by atomic mass is 10.0. The smallest absolute Gasteiger partial charge is 0.329 e. The normalized spacial score (nSPS) is 11.1. The Bertz CT molecular complexity index is 976. The van der Waals surface area contributed by atoms with Gasteiger partial charge in [-0.25, -0.2) is 18.6 Å². The molecule has 2 heterocycles. The van der Waals surface area contributed by atoms with Gasteiger partial charge < -0.3 is 11.1 Å². The summed E-state index contributed by atoms with van der Waals surface area (Å²) >= 11 is 0. The van der Waals surface area contributed by atoms with Gasteiger partial charge in [0.1, 0.15) is 0 Å². The third-order valence-electron chi connectivity index (χ3n) is 4.06. The molecular weight excluding hydrogens is 431 g/mol. The Kier molecular flexibility index (Phi) is 9.91. The Balaban J connectivity index is 0.00000392. The predicted molar refractivity (Wildman–Crippen MR) is 112 cm³/mol. The molecule has 0 spiro atoms. The molecule has 0 radical (unpaired) electrons. The number of hydrogen-bond acceptors (Lipinski definition) is 5. The van der Waals surface area contributed by atoms with Crippen molar-refractivity contribution in [3.8, 4) is 0 Å². The van der Waals surface area contributed by atoms with E-state index in [0.29, 0.717) is 12.1 Å². The van der Waals surface area contributed by atoms with Crippen molar-refractivity contribution < 1.29 is 13.6 Å². The molecule has 0 fully saturated rings. The molecule has 164 valence electrons. The Hall–Kier alpha value is -2.04. The lowest BCUT2D eigenvalue weighted by Gasteiger charge is -2.17. The third kappa shape index (κ3) is 5.97. The van der Waals surface area contributed by atoms with Gasteiger partial charge in [-0.1, -0.05) is 20.8 Å². The minimum atomic E-state index is -3.27. The van der Waals surface area contributed by atoms with Crippen molar-refractivity contribution in [3.05, 3.63) is 38.2 Å². The summed E-state index contributed by atoms with van der Waals surface area (Å²) in [5, 5.41) is 1.99. The molecule has 0 aromatic carbocycles. The molecule has 0 saturated carbocycles. The van der Waals surface area contributed by atoms with E-state index < -0.39 is 36.2 Å². The molecule has 8 nitrogen and oxygen atoms in total. The van der Waals surface area contributed by atoms with Gasteiger partial charge in [0.25, 0.3) is 17.4 Å². The van der Waals surface area contributed by atoms with Crippen LogP contribution in [0, 0.1) is 0 Å². The summed E-state index contributed by atoms with van der Waals surface area (Å²) in [5.74, 6) is -4.24. The number of nitrogens with one attached hydrogen (secondary N) is 2. The molecular formula is C17H25Cl2F2N5O3. The average molecular weight is 456 g/mol. The van der Waals surface area contributed by atoms with Crippen molar-refractivity contribution in [2.45, 2.75) is 45.6 Å². The largest absolute Gasteiger partial charge is 0.346 e. The van der Waals surface area contributed by atoms with Crippen molar-refractivity contribution in [1.82, 2.24) is 19.9 Å². The van der Waals surface area contributed by atoms with Gasteiger partial charge in [-0.05, 0) is 18.4 Å². The van der Waals surface area contributed by atoms with Crippen LogP contribution in [0.15, 0.2) is 15.7 Å². The monoisotopic (exact) mass is 455 g/mol. The zero-order valence-electron chi connectivity index (χ0n) is 16.3. The summed E-state index contributed by atoms with van der Waals surface area (Å²) in [5.41, 5.74) is 3.97. The maximum Gasteiger partial charge on any atom is 0.329 e. The Labute approximate surface area is 178 Å². The predicted octanol–water partition coefficient (Wildman–Crippen LogP) is 1.79. The van der Waals surface area contributed by atoms with Crippen molar-refractivity contribution >= 4 is 41.8 Å². The van der Waals surface area contributed by atoms with Crippen LogP contribution in [-0.2, 0) is 6.54 Å². The summed E-state index contributed by atoms with van der Waals surface area (Å²) in [4.78, 5) is 43.6. The van der Waals surface area contributed by atoms with Crippen LogP contribution in [0.3, 0.4) is 0 Å². The van der Waals surface area contributed by atoms with Crippen LogP contribution < -0.4 is 22.3 Å². The van der Waals surface area contributed by atoms with Crippen LogP contribution in [0.5, 0.6) is 0 Å². The Morgan fingerprint density at radius 3 is 2.48 bits per heavy atom. The van der Waals surface area contributed by atoms with E-state index in [2.05, 4.69) is 15.3 Å². The molecule has 4 N–H and O–H groups in total. The Morgan fingerprint density at radius 1 is 1.34 bits per heavy atom. The molecule has 0 bridgehead atoms. The van der Waals surface area contributed by atoms with Gasteiger partial charge in [-0.3, -0.25) is 19.1 Å². The first-order valence-electron chi connectivity index (χ1n) is 8.65. The standard InChI is InChI=1S/C17H23F2N5O3.2ClH/c1-4-5-24-13-12(15(26)23-16(24)27)10(6-11(22-13)9(2)3)14(25)21-8-17(18,19)7-20;;/h6,9H,4-5,7-8,20H2,1-3H3,(H,21,25)(H,23,26,27);2*1H. The molecule has 0 saturated heterocycles. The highest BCUT2D eigenvalue weighted by Crippen LogP contribution is 2.20. The minimum Gasteiger partial charge on any atom is -0.346 e. The number of aromatic amines is 1. The second-order valence-corrected chi connectivity index (χ2v) is 6.60. The molecule has 0 atom stereocenters. The molecule has 2 aromatic rings. The van der Waals surface area contributed by atoms with E-state index in [-0.39, 0.29) is 53.9 Å². The lowest BCUT2D eigenvalue weighted by molar-refractivity contribution is 0.0119. The van der Waals surface area contributed by atoms with Gasteiger partial charge in [-0.2, -0.15) is 0 Å². The first-order chi connectivity index (χ1) is 12.6. The van der Waals surface area contributed by atoms with Gasteiger partial charge in [0, 0.05) is 12.2 Å². The number of rotatable bonds is 7. The molecule has 2 rings (SSSR count). The van der Waals surface area contributed by atoms with Crippen LogP contribution in [-0.4, -0.2) is 39.5 Å². The van der Waals surface area contributed by atoms with Crippen LogP contribution >= 0.6 is 24.8 Å². The molecule has 12 heteroatoms. The molecule has 0 aliphatic heterocycles. The van der Waals surface area contributed by atoms with Crippen molar-refractivity contribution in [2.24, 2.45) is 5.73 Å². The topological polar surface area (TPSA) is 123 Å². The van der Waals surface area contributed by atoms with Gasteiger partial charge >= 0.3 is 5.69 Å². The summed E-state index contributed by atoms with van der Waals surface area (Å²) in [6.07, 6.45) is 0.596. The second kappa shape index (κ2) is 10.7. The number of carbonyl (C=O) groups is 1. The Morgan fingerprint density at radius 2 is 1.97 bits per heavy atom. The number of halogens is 4. The summed E-state index contributed by atoms with van der Waals surface area (Å²) in [7, 11) is 0. The summed E-state index contributed by atoms with van der Waals surface area (Å²) in [6.45, 7) is 3.90. The maximum atomic E-state index is 13.4. The van der Waals surface area contributed by atoms with E-state index in [1.54, 1.807) is 0 Å². The number of nitrogens with two attached hydrogens (primary N) is 1. The number of aromatic nitrogens is 3. The van der Waals surface area contributed by atoms with E-state index in [9.17, 15) is 23.2 Å². The second-order valence-electron chi connectivity index (χ2n) is 6.60. The first kappa shape index (κ1) is 27.0. The zero-order valence-corrected chi connectivity index (χ0v) is 17.9. The van der Waals surface area contributed by atoms with Gasteiger partial charge in [0.15, 0.2) is 5.65 Å². The molecule has 0 aliphatic carbocycles. The lowest BCUT2D eigenvalue weighted by Crippen LogP contribution is -2.42. The van der Waals surface area contributed by atoms with E-state index in [4.69, 9.17) is 5.73 Å². The number of carbonyl (C=O) groups excluding carboxylic acids is 1. The number of amides is 1. The van der Waals surface area contributed by atoms with E-state index in [0.717, 1.165) is 0 Å². The van der Waals surface area contributed by atoms with Crippen molar-refractivity contribution in [2.75, 3.05) is 13.1 Å². The van der Waals surface area contributed by atoms with Gasteiger partial charge in [0.2, 0.25) is 0 Å². The van der Waals surface area contributed by atoms with Gasteiger partial charge in [-0.15, -0.1) is 24.8 Å². The fourth-order valence-corrected chi connectivity index (χ4v) is 2.58. The minimum absolute atomic E-state index is 0. The average Bonchev–Trinajstić information content (AvgIpc) is 2.62. The molecule has 2 aromatic heterocycles. The zero-order chi connectivity index (χ0) is 20.4. The molecule has 0 aliphatic rings. The van der Waals surface area contributed by atoms with Crippen molar-refractivity contribution in [1.29, 1.82) is 0 Å².